The highest BCUT2D eigenvalue weighted by Gasteiger charge is 2.27. The van der Waals surface area contributed by atoms with Crippen molar-refractivity contribution in [2.75, 3.05) is 26.7 Å². The number of halogens is 2. The molecule has 1 heterocycles. The molecule has 1 fully saturated rings. The van der Waals surface area contributed by atoms with Crippen LogP contribution < -0.4 is 5.32 Å². The average molecular weight is 303 g/mol. The molecule has 19 heavy (non-hydrogen) atoms. The maximum atomic E-state index is 5.96. The first-order valence-corrected chi connectivity index (χ1v) is 7.26. The number of likely N-dealkylation sites (tertiary alicyclic amines) is 1. The Morgan fingerprint density at radius 3 is 2.63 bits per heavy atom. The first-order valence-electron chi connectivity index (χ1n) is 6.88. The molecule has 0 bridgehead atoms. The zero-order valence-corrected chi connectivity index (χ0v) is 13.3. The summed E-state index contributed by atoms with van der Waals surface area (Å²) in [5.74, 6) is 0.802. The van der Waals surface area contributed by atoms with Gasteiger partial charge in [-0.2, -0.15) is 0 Å². The van der Waals surface area contributed by atoms with Gasteiger partial charge in [0.05, 0.1) is 0 Å². The SMILES string of the molecule is CCC(c1ccc(Cl)cc1)N1CCC(CNC)C1.Cl. The summed E-state index contributed by atoms with van der Waals surface area (Å²) in [7, 11) is 2.04. The zero-order chi connectivity index (χ0) is 13.0. The van der Waals surface area contributed by atoms with Crippen LogP contribution in [0.3, 0.4) is 0 Å². The van der Waals surface area contributed by atoms with E-state index in [1.165, 1.54) is 25.1 Å². The predicted molar refractivity (Wildman–Crippen MR) is 85.3 cm³/mol. The molecule has 0 saturated carbocycles. The van der Waals surface area contributed by atoms with E-state index in [9.17, 15) is 0 Å². The maximum Gasteiger partial charge on any atom is 0.0406 e. The number of benzene rings is 1. The molecule has 1 N–H and O–H groups in total. The zero-order valence-electron chi connectivity index (χ0n) is 11.7. The van der Waals surface area contributed by atoms with Crippen LogP contribution in [-0.4, -0.2) is 31.6 Å². The summed E-state index contributed by atoms with van der Waals surface area (Å²) in [5, 5.41) is 4.11. The molecule has 1 aliphatic rings. The summed E-state index contributed by atoms with van der Waals surface area (Å²) < 4.78 is 0. The van der Waals surface area contributed by atoms with E-state index in [0.29, 0.717) is 6.04 Å². The Balaban J connectivity index is 0.00000180. The summed E-state index contributed by atoms with van der Waals surface area (Å²) in [6.45, 7) is 5.83. The maximum absolute atomic E-state index is 5.96. The largest absolute Gasteiger partial charge is 0.319 e. The second-order valence-electron chi connectivity index (χ2n) is 5.18. The van der Waals surface area contributed by atoms with Crippen molar-refractivity contribution in [3.05, 3.63) is 34.9 Å². The molecular weight excluding hydrogens is 279 g/mol. The molecule has 1 saturated heterocycles. The van der Waals surface area contributed by atoms with Crippen LogP contribution in [0, 0.1) is 5.92 Å². The van der Waals surface area contributed by atoms with Gasteiger partial charge in [-0.1, -0.05) is 30.7 Å². The molecule has 0 spiro atoms. The molecule has 4 heteroatoms. The Kier molecular flexibility index (Phi) is 7.16. The molecule has 0 aliphatic carbocycles. The van der Waals surface area contributed by atoms with Crippen molar-refractivity contribution < 1.29 is 0 Å². The Morgan fingerprint density at radius 2 is 2.05 bits per heavy atom. The summed E-state index contributed by atoms with van der Waals surface area (Å²) in [5.41, 5.74) is 1.40. The normalized spacial score (nSPS) is 21.1. The third kappa shape index (κ3) is 4.35. The lowest BCUT2D eigenvalue weighted by Crippen LogP contribution is -2.28. The molecule has 1 aromatic rings. The smallest absolute Gasteiger partial charge is 0.0406 e. The van der Waals surface area contributed by atoms with Gasteiger partial charge >= 0.3 is 0 Å². The Hall–Kier alpha value is -0.280. The van der Waals surface area contributed by atoms with E-state index in [1.807, 2.05) is 19.2 Å². The second-order valence-corrected chi connectivity index (χ2v) is 5.62. The highest BCUT2D eigenvalue weighted by Crippen LogP contribution is 2.30. The Bertz CT molecular complexity index is 367. The lowest BCUT2D eigenvalue weighted by atomic mass is 10.0. The predicted octanol–water partition coefficient (Wildman–Crippen LogP) is 3.75. The van der Waals surface area contributed by atoms with Crippen molar-refractivity contribution in [2.45, 2.75) is 25.8 Å². The van der Waals surface area contributed by atoms with Crippen LogP contribution in [0.2, 0.25) is 5.02 Å². The van der Waals surface area contributed by atoms with Gasteiger partial charge in [0.25, 0.3) is 0 Å². The minimum atomic E-state index is 0. The number of hydrogen-bond donors (Lipinski definition) is 1. The van der Waals surface area contributed by atoms with Gasteiger partial charge in [-0.25, -0.2) is 0 Å². The van der Waals surface area contributed by atoms with Gasteiger partial charge in [-0.15, -0.1) is 12.4 Å². The van der Waals surface area contributed by atoms with E-state index in [-0.39, 0.29) is 12.4 Å². The minimum Gasteiger partial charge on any atom is -0.319 e. The van der Waals surface area contributed by atoms with Gasteiger partial charge in [-0.3, -0.25) is 4.90 Å². The van der Waals surface area contributed by atoms with Crippen LogP contribution in [0.1, 0.15) is 31.4 Å². The van der Waals surface area contributed by atoms with E-state index < -0.39 is 0 Å². The molecule has 1 aliphatic heterocycles. The van der Waals surface area contributed by atoms with Crippen molar-refractivity contribution in [1.29, 1.82) is 0 Å². The van der Waals surface area contributed by atoms with Crippen LogP contribution in [0.15, 0.2) is 24.3 Å². The van der Waals surface area contributed by atoms with E-state index in [0.717, 1.165) is 23.9 Å². The standard InChI is InChI=1S/C15H23ClN2.ClH/c1-3-15(13-4-6-14(16)7-5-13)18-9-8-12(11-18)10-17-2;/h4-7,12,15,17H,3,8-11H2,1-2H3;1H. The minimum absolute atomic E-state index is 0. The van der Waals surface area contributed by atoms with Crippen molar-refractivity contribution in [3.8, 4) is 0 Å². The van der Waals surface area contributed by atoms with Gasteiger partial charge in [0, 0.05) is 17.6 Å². The highest BCUT2D eigenvalue weighted by molar-refractivity contribution is 6.30. The summed E-state index contributed by atoms with van der Waals surface area (Å²) in [6, 6.07) is 8.88. The number of rotatable bonds is 5. The van der Waals surface area contributed by atoms with Gasteiger partial charge in [0.2, 0.25) is 0 Å². The molecular formula is C15H24Cl2N2. The van der Waals surface area contributed by atoms with Gasteiger partial charge in [0.15, 0.2) is 0 Å². The Morgan fingerprint density at radius 1 is 1.37 bits per heavy atom. The second kappa shape index (κ2) is 8.11. The van der Waals surface area contributed by atoms with Crippen LogP contribution in [0.4, 0.5) is 0 Å². The third-order valence-corrected chi connectivity index (χ3v) is 4.14. The molecule has 2 unspecified atom stereocenters. The molecule has 0 amide bonds. The number of nitrogens with one attached hydrogen (secondary N) is 1. The van der Waals surface area contributed by atoms with Gasteiger partial charge in [0.1, 0.15) is 0 Å². The molecule has 2 nitrogen and oxygen atoms in total. The molecule has 0 radical (unpaired) electrons. The highest BCUT2D eigenvalue weighted by atomic mass is 35.5. The van der Waals surface area contributed by atoms with E-state index >= 15 is 0 Å². The van der Waals surface area contributed by atoms with Gasteiger partial charge in [-0.05, 0) is 56.6 Å². The summed E-state index contributed by atoms with van der Waals surface area (Å²) in [4.78, 5) is 2.62. The molecule has 108 valence electrons. The number of nitrogens with zero attached hydrogens (tertiary/aromatic N) is 1. The van der Waals surface area contributed by atoms with E-state index in [2.05, 4.69) is 29.3 Å². The van der Waals surface area contributed by atoms with Crippen LogP contribution in [0.25, 0.3) is 0 Å². The van der Waals surface area contributed by atoms with Crippen LogP contribution in [0.5, 0.6) is 0 Å². The third-order valence-electron chi connectivity index (χ3n) is 3.89. The fourth-order valence-corrected chi connectivity index (χ4v) is 3.12. The van der Waals surface area contributed by atoms with Crippen LogP contribution >= 0.6 is 24.0 Å². The first-order chi connectivity index (χ1) is 8.74. The van der Waals surface area contributed by atoms with Crippen molar-refractivity contribution >= 4 is 24.0 Å². The summed E-state index contributed by atoms with van der Waals surface area (Å²) >= 11 is 5.96. The summed E-state index contributed by atoms with van der Waals surface area (Å²) in [6.07, 6.45) is 2.47. The quantitative estimate of drug-likeness (QED) is 0.891. The van der Waals surface area contributed by atoms with Gasteiger partial charge < -0.3 is 5.32 Å². The van der Waals surface area contributed by atoms with E-state index in [1.54, 1.807) is 0 Å². The van der Waals surface area contributed by atoms with Crippen molar-refractivity contribution in [2.24, 2.45) is 5.92 Å². The monoisotopic (exact) mass is 302 g/mol. The number of hydrogen-bond acceptors (Lipinski definition) is 2. The molecule has 2 atom stereocenters. The lowest BCUT2D eigenvalue weighted by Gasteiger charge is -2.27. The fourth-order valence-electron chi connectivity index (χ4n) is 2.99. The van der Waals surface area contributed by atoms with Crippen molar-refractivity contribution in [3.63, 3.8) is 0 Å². The molecule has 0 aromatic heterocycles. The molecule has 1 aromatic carbocycles. The topological polar surface area (TPSA) is 15.3 Å². The Labute approximate surface area is 127 Å². The lowest BCUT2D eigenvalue weighted by molar-refractivity contribution is 0.230. The van der Waals surface area contributed by atoms with E-state index in [4.69, 9.17) is 11.6 Å². The fraction of sp³-hybridized carbons (Fsp3) is 0.600. The van der Waals surface area contributed by atoms with Crippen LogP contribution in [-0.2, 0) is 0 Å². The van der Waals surface area contributed by atoms with Crippen molar-refractivity contribution in [1.82, 2.24) is 10.2 Å². The molecule has 2 rings (SSSR count). The average Bonchev–Trinajstić information content (AvgIpc) is 2.82. The first kappa shape index (κ1) is 16.8.